The summed E-state index contributed by atoms with van der Waals surface area (Å²) in [7, 11) is 3.72. The van der Waals surface area contributed by atoms with E-state index in [2.05, 4.69) is 44.0 Å². The first kappa shape index (κ1) is 30.7. The van der Waals surface area contributed by atoms with E-state index in [-0.39, 0.29) is 22.5 Å². The monoisotopic (exact) mass is 573 g/mol. The molecule has 0 bridgehead atoms. The number of methoxy groups -OCH3 is 1. The summed E-state index contributed by atoms with van der Waals surface area (Å²) in [5.41, 5.74) is 9.26. The number of nitrogens with one attached hydrogen (secondary N) is 3. The van der Waals surface area contributed by atoms with E-state index >= 15 is 0 Å². The van der Waals surface area contributed by atoms with E-state index in [9.17, 15) is 4.79 Å². The summed E-state index contributed by atoms with van der Waals surface area (Å²) in [5.74, 6) is 0.880. The fourth-order valence-electron chi connectivity index (χ4n) is 5.53. The molecule has 1 atom stereocenters. The molecule has 2 saturated heterocycles. The Balaban J connectivity index is 1.58. The number of ether oxygens (including phenoxy) is 1. The number of amidine groups is 2. The van der Waals surface area contributed by atoms with Crippen molar-refractivity contribution in [2.75, 3.05) is 50.6 Å². The largest absolute Gasteiger partial charge is 0.500 e. The topological polar surface area (TPSA) is 145 Å². The Hall–Kier alpha value is -4.25. The van der Waals surface area contributed by atoms with Crippen LogP contribution in [-0.2, 0) is 4.74 Å². The van der Waals surface area contributed by atoms with E-state index in [4.69, 9.17) is 20.9 Å². The molecule has 1 aromatic carbocycles. The second-order valence-corrected chi connectivity index (χ2v) is 12.3. The molecule has 224 valence electrons. The van der Waals surface area contributed by atoms with Gasteiger partial charge in [0.2, 0.25) is 5.95 Å². The molecule has 42 heavy (non-hydrogen) atoms. The predicted molar refractivity (Wildman–Crippen MR) is 169 cm³/mol. The van der Waals surface area contributed by atoms with Gasteiger partial charge in [0.1, 0.15) is 17.3 Å². The lowest BCUT2D eigenvalue weighted by Gasteiger charge is -2.24. The van der Waals surface area contributed by atoms with Crippen molar-refractivity contribution < 1.29 is 9.53 Å². The fraction of sp³-hybridized carbons (Fsp3) is 0.452. The molecule has 4 rings (SSSR count). The molecule has 5 N–H and O–H groups in total. The summed E-state index contributed by atoms with van der Waals surface area (Å²) >= 11 is 0. The second-order valence-electron chi connectivity index (χ2n) is 12.3. The molecule has 11 heteroatoms. The van der Waals surface area contributed by atoms with Crippen LogP contribution < -0.4 is 21.3 Å². The van der Waals surface area contributed by atoms with Crippen molar-refractivity contribution in [3.8, 4) is 0 Å². The molecular weight excluding hydrogens is 530 g/mol. The molecule has 2 aliphatic rings. The van der Waals surface area contributed by atoms with Crippen molar-refractivity contribution in [3.05, 3.63) is 65.8 Å². The van der Waals surface area contributed by atoms with Gasteiger partial charge in [-0.25, -0.2) is 15.0 Å². The maximum atomic E-state index is 13.0. The number of amides is 1. The van der Waals surface area contributed by atoms with Crippen LogP contribution in [0.25, 0.3) is 0 Å². The third-order valence-electron chi connectivity index (χ3n) is 7.82. The zero-order chi connectivity index (χ0) is 30.7. The number of allylic oxidation sites excluding steroid dienone is 1. The van der Waals surface area contributed by atoms with Crippen molar-refractivity contribution >= 4 is 34.9 Å². The van der Waals surface area contributed by atoms with Gasteiger partial charge in [0.15, 0.2) is 5.84 Å². The number of aryl methyl sites for hydroxylation is 1. The molecule has 0 aliphatic carbocycles. The average Bonchev–Trinajstić information content (AvgIpc) is 3.52. The number of hydrogen-bond donors (Lipinski definition) is 4. The van der Waals surface area contributed by atoms with E-state index in [1.807, 2.05) is 27.7 Å². The molecule has 2 aliphatic heterocycles. The lowest BCUT2D eigenvalue weighted by molar-refractivity contribution is 0.0977. The number of likely N-dealkylation sites (tertiary alicyclic amines) is 1. The normalized spacial score (nSPS) is 19.7. The summed E-state index contributed by atoms with van der Waals surface area (Å²) < 4.78 is 5.40. The predicted octanol–water partition coefficient (Wildman–Crippen LogP) is 4.19. The average molecular weight is 574 g/mol. The first-order valence-corrected chi connectivity index (χ1v) is 14.1. The van der Waals surface area contributed by atoms with Crippen LogP contribution in [0.4, 0.5) is 17.3 Å². The Bertz CT molecular complexity index is 1430. The fourth-order valence-corrected chi connectivity index (χ4v) is 5.53. The zero-order valence-corrected chi connectivity index (χ0v) is 25.5. The molecular formula is C31H43N9O2. The van der Waals surface area contributed by atoms with Crippen molar-refractivity contribution in [1.29, 1.82) is 5.41 Å². The van der Waals surface area contributed by atoms with Gasteiger partial charge in [0.25, 0.3) is 5.91 Å². The van der Waals surface area contributed by atoms with Gasteiger partial charge in [-0.3, -0.25) is 10.2 Å². The zero-order valence-electron chi connectivity index (χ0n) is 25.5. The first-order valence-electron chi connectivity index (χ1n) is 14.1. The van der Waals surface area contributed by atoms with Gasteiger partial charge < -0.3 is 30.9 Å². The smallest absolute Gasteiger partial charge is 0.256 e. The van der Waals surface area contributed by atoms with Gasteiger partial charge in [-0.2, -0.15) is 0 Å². The minimum absolute atomic E-state index is 0.0708. The third kappa shape index (κ3) is 6.96. The molecule has 1 aromatic heterocycles. The highest BCUT2D eigenvalue weighted by molar-refractivity contribution is 6.09. The van der Waals surface area contributed by atoms with Gasteiger partial charge in [-0.1, -0.05) is 33.4 Å². The van der Waals surface area contributed by atoms with Gasteiger partial charge >= 0.3 is 0 Å². The number of hydrogen-bond acceptors (Lipinski definition) is 9. The third-order valence-corrected chi connectivity index (χ3v) is 7.82. The van der Waals surface area contributed by atoms with Crippen LogP contribution in [0.2, 0.25) is 0 Å². The second kappa shape index (κ2) is 12.3. The van der Waals surface area contributed by atoms with Crippen molar-refractivity contribution in [2.45, 2.75) is 40.5 Å². The Labute approximate surface area is 248 Å². The van der Waals surface area contributed by atoms with Crippen molar-refractivity contribution in [2.24, 2.45) is 21.6 Å². The number of aliphatic imine (C=N–C) groups is 1. The van der Waals surface area contributed by atoms with Gasteiger partial charge in [-0.15, -0.1) is 0 Å². The molecule has 3 heterocycles. The summed E-state index contributed by atoms with van der Waals surface area (Å²) in [6.07, 6.45) is 7.04. The highest BCUT2D eigenvalue weighted by atomic mass is 16.5. The highest BCUT2D eigenvalue weighted by Gasteiger charge is 2.43. The van der Waals surface area contributed by atoms with E-state index in [1.165, 1.54) is 12.5 Å². The number of carbonyl (C=O) groups is 1. The van der Waals surface area contributed by atoms with Crippen LogP contribution in [0.15, 0.2) is 54.0 Å². The van der Waals surface area contributed by atoms with Crippen LogP contribution in [0.5, 0.6) is 0 Å². The summed E-state index contributed by atoms with van der Waals surface area (Å²) in [4.78, 5) is 31.7. The summed E-state index contributed by atoms with van der Waals surface area (Å²) in [5, 5.41) is 13.9. The van der Waals surface area contributed by atoms with E-state index in [1.54, 1.807) is 37.7 Å². The van der Waals surface area contributed by atoms with Gasteiger partial charge in [0, 0.05) is 42.1 Å². The van der Waals surface area contributed by atoms with Crippen molar-refractivity contribution in [1.82, 2.24) is 20.2 Å². The highest BCUT2D eigenvalue weighted by Crippen LogP contribution is 2.40. The number of anilines is 2. The lowest BCUT2D eigenvalue weighted by atomic mass is 9.86. The molecule has 2 aromatic rings. The lowest BCUT2D eigenvalue weighted by Crippen LogP contribution is -2.31. The summed E-state index contributed by atoms with van der Waals surface area (Å²) in [6, 6.07) is 5.14. The van der Waals surface area contributed by atoms with Gasteiger partial charge in [-0.05, 0) is 57.3 Å². The first-order chi connectivity index (χ1) is 19.8. The summed E-state index contributed by atoms with van der Waals surface area (Å²) in [6.45, 7) is 15.6. The van der Waals surface area contributed by atoms with Crippen LogP contribution >= 0.6 is 0 Å². The van der Waals surface area contributed by atoms with Gasteiger partial charge in [0.05, 0.1) is 24.7 Å². The number of nitrogens with zero attached hydrogens (tertiary/aromatic N) is 5. The Morgan fingerprint density at radius 1 is 1.26 bits per heavy atom. The molecule has 1 unspecified atom stereocenters. The number of aromatic nitrogens is 2. The minimum Gasteiger partial charge on any atom is -0.500 e. The minimum atomic E-state index is -0.436. The number of rotatable bonds is 8. The molecule has 1 amide bonds. The maximum Gasteiger partial charge on any atom is 0.256 e. The number of carbonyl (C=O) groups excluding carboxylic acids is 1. The van der Waals surface area contributed by atoms with Crippen molar-refractivity contribution in [3.63, 3.8) is 0 Å². The van der Waals surface area contributed by atoms with Crippen LogP contribution in [0.1, 0.15) is 55.2 Å². The number of benzene rings is 1. The quantitative estimate of drug-likeness (QED) is 0.209. The Morgan fingerprint density at radius 3 is 2.64 bits per heavy atom. The van der Waals surface area contributed by atoms with Crippen LogP contribution in [0, 0.1) is 23.2 Å². The van der Waals surface area contributed by atoms with E-state index in [0.29, 0.717) is 34.3 Å². The van der Waals surface area contributed by atoms with Crippen LogP contribution in [0.3, 0.4) is 0 Å². The Morgan fingerprint density at radius 2 is 2.00 bits per heavy atom. The molecule has 2 fully saturated rings. The Kier molecular flexibility index (Phi) is 9.00. The number of nitrogens with two attached hydrogens (primary N) is 1. The molecule has 0 saturated carbocycles. The molecule has 1 spiro atoms. The van der Waals surface area contributed by atoms with Crippen LogP contribution in [-0.4, -0.2) is 72.8 Å². The molecule has 11 nitrogen and oxygen atoms in total. The molecule has 0 radical (unpaired) electrons. The standard InChI is InChI=1S/C31H43N9O2/c1-8-34-23-17-35-29(40-14-12-31(19-40)11-13-39(6)18-31)38-26(23)27(33)36-22-15-21(10-9-20(22)2)28(41)37-25(32)16-24(42-7)30(3,4)5/h8-10,15-17,34H,1,11-14,18-19H2,2-7H3,(H2,33,36)(H2,32,37,41)/b24-16-. The SMILES string of the molecule is C=CNc1cnc(N2CCC3(CCN(C)C3)C2)nc1C(N)=Nc1cc(C(=O)NC(=N)/C=C(\OC)C(C)(C)C)ccc1C. The van der Waals surface area contributed by atoms with E-state index < -0.39 is 5.91 Å². The van der Waals surface area contributed by atoms with E-state index in [0.717, 1.165) is 38.2 Å². The maximum absolute atomic E-state index is 13.0.